The highest BCUT2D eigenvalue weighted by molar-refractivity contribution is 6.31. The smallest absolute Gasteiger partial charge is 0.0446 e. The molecule has 0 unspecified atom stereocenters. The molecule has 0 heterocycles. The second kappa shape index (κ2) is 3.94. The van der Waals surface area contributed by atoms with Crippen LogP contribution in [0.2, 0.25) is 5.02 Å². The normalized spacial score (nSPS) is 11.9. The maximum Gasteiger partial charge on any atom is 0.0446 e. The van der Waals surface area contributed by atoms with Gasteiger partial charge < -0.3 is 0 Å². The molecule has 1 rings (SSSR count). The summed E-state index contributed by atoms with van der Waals surface area (Å²) < 4.78 is 0. The zero-order valence-electron chi connectivity index (χ0n) is 9.74. The van der Waals surface area contributed by atoms with Crippen LogP contribution >= 0.6 is 11.6 Å². The summed E-state index contributed by atoms with van der Waals surface area (Å²) in [6, 6.07) is 4.30. The molecule has 1 aromatic rings. The molecule has 1 heteroatoms. The molecule has 0 atom stereocenters. The van der Waals surface area contributed by atoms with Gasteiger partial charge in [0.2, 0.25) is 0 Å². The second-order valence-electron chi connectivity index (χ2n) is 4.65. The molecule has 14 heavy (non-hydrogen) atoms. The summed E-state index contributed by atoms with van der Waals surface area (Å²) in [5.41, 5.74) is 4.04. The number of benzene rings is 1. The van der Waals surface area contributed by atoms with Crippen molar-refractivity contribution in [1.82, 2.24) is 0 Å². The van der Waals surface area contributed by atoms with E-state index < -0.39 is 0 Å². The van der Waals surface area contributed by atoms with Crippen molar-refractivity contribution >= 4 is 11.6 Å². The molecule has 0 saturated carbocycles. The van der Waals surface area contributed by atoms with Crippen molar-refractivity contribution < 1.29 is 0 Å². The van der Waals surface area contributed by atoms with Gasteiger partial charge in [0.05, 0.1) is 0 Å². The van der Waals surface area contributed by atoms with Crippen molar-refractivity contribution in [3.05, 3.63) is 33.8 Å². The molecule has 0 radical (unpaired) electrons. The van der Waals surface area contributed by atoms with Crippen molar-refractivity contribution in [2.24, 2.45) is 0 Å². The fraction of sp³-hybridized carbons (Fsp3) is 0.538. The number of aryl methyl sites for hydroxylation is 2. The van der Waals surface area contributed by atoms with E-state index in [-0.39, 0.29) is 5.41 Å². The molecule has 0 spiro atoms. The predicted molar refractivity (Wildman–Crippen MR) is 64.2 cm³/mol. The lowest BCUT2D eigenvalue weighted by molar-refractivity contribution is 0.506. The summed E-state index contributed by atoms with van der Waals surface area (Å²) >= 11 is 6.26. The zero-order valence-corrected chi connectivity index (χ0v) is 10.5. The van der Waals surface area contributed by atoms with E-state index in [1.54, 1.807) is 0 Å². The molecule has 78 valence electrons. The molecule has 0 aliphatic heterocycles. The fourth-order valence-corrected chi connectivity index (χ4v) is 1.96. The third-order valence-electron chi connectivity index (χ3n) is 3.20. The molecule has 1 aromatic carbocycles. The standard InChI is InChI=1S/C13H19Cl/c1-6-13(4,5)11-7-9(2)10(3)8-12(11)14/h7-8H,6H2,1-5H3. The first-order chi connectivity index (χ1) is 6.38. The van der Waals surface area contributed by atoms with E-state index in [2.05, 4.69) is 46.8 Å². The van der Waals surface area contributed by atoms with Crippen molar-refractivity contribution in [1.29, 1.82) is 0 Å². The van der Waals surface area contributed by atoms with Gasteiger partial charge in [0, 0.05) is 5.02 Å². The van der Waals surface area contributed by atoms with Crippen LogP contribution in [0.25, 0.3) is 0 Å². The number of hydrogen-bond acceptors (Lipinski definition) is 0. The Labute approximate surface area is 92.3 Å². The molecule has 0 aliphatic carbocycles. The van der Waals surface area contributed by atoms with E-state index in [1.807, 2.05) is 0 Å². The van der Waals surface area contributed by atoms with Gasteiger partial charge in [-0.25, -0.2) is 0 Å². The van der Waals surface area contributed by atoms with Crippen LogP contribution in [0.4, 0.5) is 0 Å². The van der Waals surface area contributed by atoms with Crippen molar-refractivity contribution in [2.75, 3.05) is 0 Å². The minimum absolute atomic E-state index is 0.176. The summed E-state index contributed by atoms with van der Waals surface area (Å²) in [5.74, 6) is 0. The van der Waals surface area contributed by atoms with Gasteiger partial charge in [-0.3, -0.25) is 0 Å². The lowest BCUT2D eigenvalue weighted by Crippen LogP contribution is -2.16. The van der Waals surface area contributed by atoms with Crippen LogP contribution in [0.1, 0.15) is 43.9 Å². The van der Waals surface area contributed by atoms with E-state index in [0.717, 1.165) is 11.4 Å². The molecule has 0 aliphatic rings. The molecule has 0 fully saturated rings. The van der Waals surface area contributed by atoms with Crippen molar-refractivity contribution in [3.8, 4) is 0 Å². The third-order valence-corrected chi connectivity index (χ3v) is 3.51. The Hall–Kier alpha value is -0.490. The lowest BCUT2D eigenvalue weighted by atomic mass is 9.81. The Morgan fingerprint density at radius 1 is 1.14 bits per heavy atom. The Bertz CT molecular complexity index is 337. The van der Waals surface area contributed by atoms with Gasteiger partial charge in [-0.2, -0.15) is 0 Å². The van der Waals surface area contributed by atoms with E-state index in [0.29, 0.717) is 0 Å². The summed E-state index contributed by atoms with van der Waals surface area (Å²) in [6.07, 6.45) is 1.11. The minimum Gasteiger partial charge on any atom is -0.0840 e. The first-order valence-electron chi connectivity index (χ1n) is 5.15. The highest BCUT2D eigenvalue weighted by Crippen LogP contribution is 2.34. The SMILES string of the molecule is CCC(C)(C)c1cc(C)c(C)cc1Cl. The first-order valence-corrected chi connectivity index (χ1v) is 5.53. The summed E-state index contributed by atoms with van der Waals surface area (Å²) in [4.78, 5) is 0. The molecule has 0 saturated heterocycles. The monoisotopic (exact) mass is 210 g/mol. The van der Waals surface area contributed by atoms with Crippen molar-refractivity contribution in [2.45, 2.75) is 46.5 Å². The van der Waals surface area contributed by atoms with Crippen LogP contribution in [0.3, 0.4) is 0 Å². The zero-order chi connectivity index (χ0) is 10.9. The average Bonchev–Trinajstić information content (AvgIpc) is 2.11. The highest BCUT2D eigenvalue weighted by atomic mass is 35.5. The third kappa shape index (κ3) is 2.12. The van der Waals surface area contributed by atoms with Crippen LogP contribution in [0.15, 0.2) is 12.1 Å². The maximum atomic E-state index is 6.26. The van der Waals surface area contributed by atoms with Crippen LogP contribution in [-0.4, -0.2) is 0 Å². The fourth-order valence-electron chi connectivity index (χ4n) is 1.49. The first kappa shape index (κ1) is 11.6. The summed E-state index contributed by atoms with van der Waals surface area (Å²) in [6.45, 7) is 10.9. The Morgan fingerprint density at radius 2 is 1.64 bits per heavy atom. The van der Waals surface area contributed by atoms with E-state index in [4.69, 9.17) is 11.6 Å². The minimum atomic E-state index is 0.176. The van der Waals surface area contributed by atoms with E-state index in [9.17, 15) is 0 Å². The second-order valence-corrected chi connectivity index (χ2v) is 5.06. The van der Waals surface area contributed by atoms with Gasteiger partial charge in [-0.05, 0) is 48.4 Å². The van der Waals surface area contributed by atoms with Crippen LogP contribution in [0.5, 0.6) is 0 Å². The largest absolute Gasteiger partial charge is 0.0840 e. The average molecular weight is 211 g/mol. The summed E-state index contributed by atoms with van der Waals surface area (Å²) in [5, 5.41) is 0.903. The van der Waals surface area contributed by atoms with Gasteiger partial charge >= 0.3 is 0 Å². The molecule has 0 aromatic heterocycles. The predicted octanol–water partition coefficient (Wildman–Crippen LogP) is 4.64. The van der Waals surface area contributed by atoms with Crippen molar-refractivity contribution in [3.63, 3.8) is 0 Å². The lowest BCUT2D eigenvalue weighted by Gasteiger charge is -2.25. The Balaban J connectivity index is 3.29. The Kier molecular flexibility index (Phi) is 3.26. The highest BCUT2D eigenvalue weighted by Gasteiger charge is 2.21. The van der Waals surface area contributed by atoms with Crippen LogP contribution < -0.4 is 0 Å². The van der Waals surface area contributed by atoms with Gasteiger partial charge in [0.25, 0.3) is 0 Å². The van der Waals surface area contributed by atoms with Gasteiger partial charge in [0.15, 0.2) is 0 Å². The van der Waals surface area contributed by atoms with Gasteiger partial charge in [0.1, 0.15) is 0 Å². The topological polar surface area (TPSA) is 0 Å². The van der Waals surface area contributed by atoms with Gasteiger partial charge in [-0.1, -0.05) is 38.4 Å². The quantitative estimate of drug-likeness (QED) is 0.667. The van der Waals surface area contributed by atoms with Gasteiger partial charge in [-0.15, -0.1) is 0 Å². The molecule has 0 amide bonds. The van der Waals surface area contributed by atoms with Crippen LogP contribution in [0, 0.1) is 13.8 Å². The van der Waals surface area contributed by atoms with E-state index >= 15 is 0 Å². The number of hydrogen-bond donors (Lipinski definition) is 0. The molecular formula is C13H19Cl. The number of halogens is 1. The summed E-state index contributed by atoms with van der Waals surface area (Å²) in [7, 11) is 0. The Morgan fingerprint density at radius 3 is 2.14 bits per heavy atom. The molecule has 0 bridgehead atoms. The molecule has 0 nitrogen and oxygen atoms in total. The molecule has 0 N–H and O–H groups in total. The molecular weight excluding hydrogens is 192 g/mol. The van der Waals surface area contributed by atoms with Crippen LogP contribution in [-0.2, 0) is 5.41 Å². The maximum absolute atomic E-state index is 6.26. The van der Waals surface area contributed by atoms with E-state index in [1.165, 1.54) is 16.7 Å². The number of rotatable bonds is 2.